The lowest BCUT2D eigenvalue weighted by Crippen LogP contribution is -2.35. The summed E-state index contributed by atoms with van der Waals surface area (Å²) in [4.78, 5) is 30.8. The number of aromatic nitrogens is 2. The Morgan fingerprint density at radius 2 is 1.76 bits per heavy atom. The molecular formula is C22H16BrN3O3. The topological polar surface area (TPSA) is 73.2 Å². The first-order valence-electron chi connectivity index (χ1n) is 8.80. The molecule has 0 spiro atoms. The molecule has 1 N–H and O–H groups in total. The number of carbonyl (C=O) groups is 1. The first kappa shape index (κ1) is 18.9. The van der Waals surface area contributed by atoms with Gasteiger partial charge in [-0.2, -0.15) is 4.68 Å². The molecule has 1 amide bonds. The third-order valence-corrected chi connectivity index (χ3v) is 5.13. The highest BCUT2D eigenvalue weighted by molar-refractivity contribution is 9.10. The molecule has 0 bridgehead atoms. The van der Waals surface area contributed by atoms with Gasteiger partial charge in [-0.25, -0.2) is 4.98 Å². The van der Waals surface area contributed by atoms with Gasteiger partial charge < -0.3 is 4.74 Å². The number of hydrogen-bond acceptors (Lipinski definition) is 4. The summed E-state index contributed by atoms with van der Waals surface area (Å²) in [6.45, 7) is 0. The van der Waals surface area contributed by atoms with E-state index in [2.05, 4.69) is 26.3 Å². The summed E-state index contributed by atoms with van der Waals surface area (Å²) in [6, 6.07) is 21.3. The van der Waals surface area contributed by atoms with Gasteiger partial charge >= 0.3 is 0 Å². The van der Waals surface area contributed by atoms with Crippen LogP contribution in [0.1, 0.15) is 10.4 Å². The van der Waals surface area contributed by atoms with Crippen LogP contribution in [0.2, 0.25) is 0 Å². The normalized spacial score (nSPS) is 10.7. The molecule has 4 aromatic rings. The van der Waals surface area contributed by atoms with Crippen molar-refractivity contribution in [3.8, 4) is 17.1 Å². The summed E-state index contributed by atoms with van der Waals surface area (Å²) in [5, 5.41) is 0.414. The first-order valence-corrected chi connectivity index (χ1v) is 9.60. The average Bonchev–Trinajstić information content (AvgIpc) is 2.76. The van der Waals surface area contributed by atoms with E-state index in [-0.39, 0.29) is 5.56 Å². The van der Waals surface area contributed by atoms with Gasteiger partial charge in [-0.3, -0.25) is 15.0 Å². The Balaban J connectivity index is 1.88. The molecule has 0 saturated carbocycles. The zero-order chi connectivity index (χ0) is 20.4. The van der Waals surface area contributed by atoms with E-state index >= 15 is 0 Å². The van der Waals surface area contributed by atoms with Crippen molar-refractivity contribution in [1.82, 2.24) is 9.66 Å². The molecule has 6 nitrogen and oxygen atoms in total. The second-order valence-electron chi connectivity index (χ2n) is 6.25. The SMILES string of the molecule is COc1ccc(Br)c(C(=O)Nn2c(-c3ccccc3)nc3ccccc3c2=O)c1. The second kappa shape index (κ2) is 7.89. The van der Waals surface area contributed by atoms with E-state index < -0.39 is 5.91 Å². The lowest BCUT2D eigenvalue weighted by molar-refractivity contribution is 0.101. The van der Waals surface area contributed by atoms with Gasteiger partial charge in [0.25, 0.3) is 11.5 Å². The number of rotatable bonds is 4. The minimum atomic E-state index is -0.466. The maximum atomic E-state index is 13.2. The van der Waals surface area contributed by atoms with E-state index in [0.29, 0.717) is 38.1 Å². The standard InChI is InChI=1S/C22H16BrN3O3/c1-29-15-11-12-18(23)17(13-15)21(27)25-26-20(14-7-3-2-4-8-14)24-19-10-6-5-9-16(19)22(26)28/h2-13H,1H3,(H,25,27). The van der Waals surface area contributed by atoms with Gasteiger partial charge in [0.15, 0.2) is 5.82 Å². The van der Waals surface area contributed by atoms with Crippen molar-refractivity contribution >= 4 is 32.7 Å². The maximum absolute atomic E-state index is 13.2. The number of nitrogens with one attached hydrogen (secondary N) is 1. The quantitative estimate of drug-likeness (QED) is 0.506. The van der Waals surface area contributed by atoms with Gasteiger partial charge in [0.2, 0.25) is 0 Å². The lowest BCUT2D eigenvalue weighted by Gasteiger charge is -2.15. The predicted molar refractivity (Wildman–Crippen MR) is 116 cm³/mol. The Morgan fingerprint density at radius 3 is 2.52 bits per heavy atom. The van der Waals surface area contributed by atoms with Crippen LogP contribution in [-0.4, -0.2) is 22.7 Å². The molecule has 0 aliphatic heterocycles. The number of hydrogen-bond donors (Lipinski definition) is 1. The second-order valence-corrected chi connectivity index (χ2v) is 7.10. The van der Waals surface area contributed by atoms with Crippen LogP contribution in [-0.2, 0) is 0 Å². The molecule has 3 aromatic carbocycles. The summed E-state index contributed by atoms with van der Waals surface area (Å²) < 4.78 is 6.97. The van der Waals surface area contributed by atoms with Crippen molar-refractivity contribution in [2.75, 3.05) is 12.5 Å². The summed E-state index contributed by atoms with van der Waals surface area (Å²) in [5.41, 5.74) is 3.94. The highest BCUT2D eigenvalue weighted by Gasteiger charge is 2.17. The minimum absolute atomic E-state index is 0.337. The molecule has 0 unspecified atom stereocenters. The number of benzene rings is 3. The van der Waals surface area contributed by atoms with Gasteiger partial charge in [0, 0.05) is 10.0 Å². The first-order chi connectivity index (χ1) is 14.1. The number of para-hydroxylation sites is 1. The van der Waals surface area contributed by atoms with Gasteiger partial charge in [0.1, 0.15) is 5.75 Å². The molecule has 1 aromatic heterocycles. The van der Waals surface area contributed by atoms with Gasteiger partial charge in [-0.1, -0.05) is 42.5 Å². The number of fused-ring (bicyclic) bond motifs is 1. The van der Waals surface area contributed by atoms with Crippen molar-refractivity contribution in [3.63, 3.8) is 0 Å². The molecule has 4 rings (SSSR count). The van der Waals surface area contributed by atoms with Crippen molar-refractivity contribution in [2.24, 2.45) is 0 Å². The van der Waals surface area contributed by atoms with E-state index in [4.69, 9.17) is 4.74 Å². The largest absolute Gasteiger partial charge is 0.497 e. The molecule has 0 saturated heterocycles. The number of nitrogens with zero attached hydrogens (tertiary/aromatic N) is 2. The summed E-state index contributed by atoms with van der Waals surface area (Å²) in [6.07, 6.45) is 0. The predicted octanol–water partition coefficient (Wildman–Crippen LogP) is 4.22. The molecule has 0 aliphatic rings. The number of halogens is 1. The molecule has 144 valence electrons. The fraction of sp³-hybridized carbons (Fsp3) is 0.0455. The molecule has 1 heterocycles. The van der Waals surface area contributed by atoms with E-state index in [1.54, 1.807) is 36.4 Å². The van der Waals surface area contributed by atoms with E-state index in [1.165, 1.54) is 11.8 Å². The summed E-state index contributed by atoms with van der Waals surface area (Å²) in [5.74, 6) is 0.416. The van der Waals surface area contributed by atoms with Crippen LogP contribution in [0.15, 0.2) is 82.1 Å². The monoisotopic (exact) mass is 449 g/mol. The molecule has 7 heteroatoms. The van der Waals surface area contributed by atoms with Gasteiger partial charge in [-0.15, -0.1) is 0 Å². The van der Waals surface area contributed by atoms with Crippen molar-refractivity contribution in [1.29, 1.82) is 0 Å². The van der Waals surface area contributed by atoms with Crippen LogP contribution >= 0.6 is 15.9 Å². The molecule has 0 atom stereocenters. The molecular weight excluding hydrogens is 434 g/mol. The molecule has 0 aliphatic carbocycles. The minimum Gasteiger partial charge on any atom is -0.497 e. The highest BCUT2D eigenvalue weighted by atomic mass is 79.9. The lowest BCUT2D eigenvalue weighted by atomic mass is 10.2. The van der Waals surface area contributed by atoms with Gasteiger partial charge in [-0.05, 0) is 46.3 Å². The number of ether oxygens (including phenoxy) is 1. The molecule has 29 heavy (non-hydrogen) atoms. The Morgan fingerprint density at radius 1 is 1.03 bits per heavy atom. The maximum Gasteiger partial charge on any atom is 0.280 e. The third-order valence-electron chi connectivity index (χ3n) is 4.44. The van der Waals surface area contributed by atoms with Crippen LogP contribution in [0, 0.1) is 0 Å². The van der Waals surface area contributed by atoms with Crippen LogP contribution in [0.4, 0.5) is 0 Å². The zero-order valence-electron chi connectivity index (χ0n) is 15.4. The Bertz CT molecular complexity index is 1270. The Labute approximate surface area is 174 Å². The molecule has 0 radical (unpaired) electrons. The van der Waals surface area contributed by atoms with Gasteiger partial charge in [0.05, 0.1) is 23.6 Å². The van der Waals surface area contributed by atoms with Crippen molar-refractivity contribution < 1.29 is 9.53 Å². The fourth-order valence-electron chi connectivity index (χ4n) is 2.98. The van der Waals surface area contributed by atoms with E-state index in [1.807, 2.05) is 36.4 Å². The molecule has 0 fully saturated rings. The van der Waals surface area contributed by atoms with Crippen LogP contribution in [0.3, 0.4) is 0 Å². The zero-order valence-corrected chi connectivity index (χ0v) is 17.0. The number of amides is 1. The smallest absolute Gasteiger partial charge is 0.280 e. The van der Waals surface area contributed by atoms with E-state index in [9.17, 15) is 9.59 Å². The highest BCUT2D eigenvalue weighted by Crippen LogP contribution is 2.23. The van der Waals surface area contributed by atoms with Crippen molar-refractivity contribution in [3.05, 3.63) is 93.2 Å². The summed E-state index contributed by atoms with van der Waals surface area (Å²) in [7, 11) is 1.52. The fourth-order valence-corrected chi connectivity index (χ4v) is 3.41. The van der Waals surface area contributed by atoms with Crippen LogP contribution < -0.4 is 15.7 Å². The van der Waals surface area contributed by atoms with Crippen LogP contribution in [0.5, 0.6) is 5.75 Å². The van der Waals surface area contributed by atoms with Crippen LogP contribution in [0.25, 0.3) is 22.3 Å². The third kappa shape index (κ3) is 3.64. The summed E-state index contributed by atoms with van der Waals surface area (Å²) >= 11 is 3.38. The Kier molecular flexibility index (Phi) is 5.14. The average molecular weight is 450 g/mol. The number of carbonyl (C=O) groups excluding carboxylic acids is 1. The number of methoxy groups -OCH3 is 1. The van der Waals surface area contributed by atoms with Crippen molar-refractivity contribution in [2.45, 2.75) is 0 Å². The Hall–Kier alpha value is -3.45. The van der Waals surface area contributed by atoms with E-state index in [0.717, 1.165) is 0 Å².